The second-order valence-corrected chi connectivity index (χ2v) is 4.26. The summed E-state index contributed by atoms with van der Waals surface area (Å²) in [6, 6.07) is -0.140. The molecule has 0 saturated carbocycles. The number of rotatable bonds is 5. The largest absolute Gasteiger partial charge is 0.481 e. The van der Waals surface area contributed by atoms with Crippen molar-refractivity contribution in [3.8, 4) is 0 Å². The molecule has 0 fully saturated rings. The quantitative estimate of drug-likeness (QED) is 0.586. The lowest BCUT2D eigenvalue weighted by Crippen LogP contribution is -2.34. The van der Waals surface area contributed by atoms with Crippen LogP contribution in [0.5, 0.6) is 0 Å². The van der Waals surface area contributed by atoms with E-state index in [1.54, 1.807) is 12.2 Å². The van der Waals surface area contributed by atoms with Crippen molar-refractivity contribution in [2.45, 2.75) is 38.3 Å². The summed E-state index contributed by atoms with van der Waals surface area (Å²) >= 11 is 0. The number of carbonyl (C=O) groups is 2. The summed E-state index contributed by atoms with van der Waals surface area (Å²) in [5.74, 6) is -1.39. The van der Waals surface area contributed by atoms with Crippen molar-refractivity contribution in [2.24, 2.45) is 11.7 Å². The van der Waals surface area contributed by atoms with E-state index in [0.717, 1.165) is 0 Å². The third-order valence-corrected chi connectivity index (χ3v) is 2.57. The van der Waals surface area contributed by atoms with Crippen LogP contribution in [0.25, 0.3) is 0 Å². The van der Waals surface area contributed by atoms with Gasteiger partial charge in [-0.1, -0.05) is 12.2 Å². The summed E-state index contributed by atoms with van der Waals surface area (Å²) in [7, 11) is 0. The molecule has 3 unspecified atom stereocenters. The minimum absolute atomic E-state index is 0.0108. The maximum atomic E-state index is 11.4. The fraction of sp³-hybridized carbons (Fsp3) is 0.636. The lowest BCUT2D eigenvalue weighted by atomic mass is 10.1. The minimum atomic E-state index is -0.844. The Morgan fingerprint density at radius 2 is 2.25 bits per heavy atom. The molecule has 0 bridgehead atoms. The van der Waals surface area contributed by atoms with E-state index in [-0.39, 0.29) is 18.0 Å². The van der Waals surface area contributed by atoms with Crippen molar-refractivity contribution < 1.29 is 14.7 Å². The molecule has 0 aromatic rings. The van der Waals surface area contributed by atoms with Crippen LogP contribution in [-0.4, -0.2) is 29.1 Å². The number of hydrogen-bond acceptors (Lipinski definition) is 3. The Hall–Kier alpha value is -1.36. The van der Waals surface area contributed by atoms with Crippen LogP contribution in [0.2, 0.25) is 0 Å². The number of hydrogen-bond donors (Lipinski definition) is 3. The Bertz CT molecular complexity index is 300. The molecule has 0 heterocycles. The van der Waals surface area contributed by atoms with Crippen molar-refractivity contribution in [2.75, 3.05) is 0 Å². The summed E-state index contributed by atoms with van der Waals surface area (Å²) in [6.45, 7) is 1.85. The van der Waals surface area contributed by atoms with Gasteiger partial charge in [0.2, 0.25) is 5.91 Å². The van der Waals surface area contributed by atoms with Gasteiger partial charge in [0.25, 0.3) is 0 Å². The number of nitrogens with one attached hydrogen (secondary N) is 1. The predicted molar refractivity (Wildman–Crippen MR) is 59.7 cm³/mol. The molecular weight excluding hydrogens is 208 g/mol. The molecule has 0 aromatic carbocycles. The van der Waals surface area contributed by atoms with E-state index in [4.69, 9.17) is 10.8 Å². The Balaban J connectivity index is 2.27. The van der Waals surface area contributed by atoms with Crippen molar-refractivity contribution >= 4 is 11.9 Å². The lowest BCUT2D eigenvalue weighted by Gasteiger charge is -2.12. The maximum absolute atomic E-state index is 11.4. The number of amides is 1. The molecule has 1 amide bonds. The highest BCUT2D eigenvalue weighted by atomic mass is 16.4. The molecule has 1 rings (SSSR count). The monoisotopic (exact) mass is 226 g/mol. The maximum Gasteiger partial charge on any atom is 0.310 e. The molecule has 0 radical (unpaired) electrons. The Morgan fingerprint density at radius 1 is 1.56 bits per heavy atom. The fourth-order valence-electron chi connectivity index (χ4n) is 1.63. The van der Waals surface area contributed by atoms with Crippen LogP contribution in [0, 0.1) is 5.92 Å². The van der Waals surface area contributed by atoms with Gasteiger partial charge in [-0.2, -0.15) is 0 Å². The first-order valence-electron chi connectivity index (χ1n) is 5.45. The van der Waals surface area contributed by atoms with Crippen molar-refractivity contribution in [1.29, 1.82) is 0 Å². The van der Waals surface area contributed by atoms with Gasteiger partial charge in [0, 0.05) is 18.5 Å². The second-order valence-electron chi connectivity index (χ2n) is 4.26. The number of carboxylic acids is 1. The van der Waals surface area contributed by atoms with Crippen LogP contribution in [0.4, 0.5) is 0 Å². The lowest BCUT2D eigenvalue weighted by molar-refractivity contribution is -0.140. The zero-order valence-corrected chi connectivity index (χ0v) is 9.35. The molecule has 90 valence electrons. The number of carbonyl (C=O) groups excluding carboxylic acids is 1. The molecule has 0 aliphatic heterocycles. The molecule has 0 spiro atoms. The average molecular weight is 226 g/mol. The molecule has 1 aliphatic rings. The van der Waals surface area contributed by atoms with E-state index in [9.17, 15) is 9.59 Å². The Labute approximate surface area is 94.7 Å². The average Bonchev–Trinajstić information content (AvgIpc) is 2.63. The SMILES string of the molecule is CC(N)CCC(=O)NC1C=CC(C(=O)O)C1. The van der Waals surface area contributed by atoms with Crippen molar-refractivity contribution in [1.82, 2.24) is 5.32 Å². The summed E-state index contributed by atoms with van der Waals surface area (Å²) in [4.78, 5) is 22.1. The number of carboxylic acid groups (broad SMARTS) is 1. The van der Waals surface area contributed by atoms with Crippen LogP contribution in [-0.2, 0) is 9.59 Å². The van der Waals surface area contributed by atoms with Gasteiger partial charge in [0.15, 0.2) is 0 Å². The molecule has 5 heteroatoms. The van der Waals surface area contributed by atoms with E-state index in [1.807, 2.05) is 6.92 Å². The van der Waals surface area contributed by atoms with E-state index < -0.39 is 11.9 Å². The molecule has 1 aliphatic carbocycles. The fourth-order valence-corrected chi connectivity index (χ4v) is 1.63. The van der Waals surface area contributed by atoms with Crippen molar-refractivity contribution in [3.05, 3.63) is 12.2 Å². The van der Waals surface area contributed by atoms with Gasteiger partial charge in [-0.05, 0) is 19.8 Å². The number of nitrogens with two attached hydrogens (primary N) is 1. The smallest absolute Gasteiger partial charge is 0.310 e. The van der Waals surface area contributed by atoms with Gasteiger partial charge in [-0.25, -0.2) is 0 Å². The van der Waals surface area contributed by atoms with Gasteiger partial charge >= 0.3 is 5.97 Å². The molecule has 5 nitrogen and oxygen atoms in total. The van der Waals surface area contributed by atoms with Crippen LogP contribution in [0.3, 0.4) is 0 Å². The minimum Gasteiger partial charge on any atom is -0.481 e. The highest BCUT2D eigenvalue weighted by Gasteiger charge is 2.25. The first-order chi connectivity index (χ1) is 7.49. The van der Waals surface area contributed by atoms with E-state index in [1.165, 1.54) is 0 Å². The van der Waals surface area contributed by atoms with Gasteiger partial charge in [-0.15, -0.1) is 0 Å². The first-order valence-corrected chi connectivity index (χ1v) is 5.45. The molecular formula is C11H18N2O3. The van der Waals surface area contributed by atoms with E-state index in [2.05, 4.69) is 5.32 Å². The summed E-state index contributed by atoms with van der Waals surface area (Å²) in [5, 5.41) is 11.5. The third kappa shape index (κ3) is 4.02. The zero-order valence-electron chi connectivity index (χ0n) is 9.35. The van der Waals surface area contributed by atoms with Crippen LogP contribution >= 0.6 is 0 Å². The molecule has 0 aromatic heterocycles. The van der Waals surface area contributed by atoms with Gasteiger partial charge in [0.05, 0.1) is 5.92 Å². The topological polar surface area (TPSA) is 92.4 Å². The summed E-state index contributed by atoms with van der Waals surface area (Å²) in [5.41, 5.74) is 5.54. The molecule has 3 atom stereocenters. The third-order valence-electron chi connectivity index (χ3n) is 2.57. The van der Waals surface area contributed by atoms with Gasteiger partial charge in [-0.3, -0.25) is 9.59 Å². The highest BCUT2D eigenvalue weighted by Crippen LogP contribution is 2.17. The Morgan fingerprint density at radius 3 is 2.75 bits per heavy atom. The van der Waals surface area contributed by atoms with Gasteiger partial charge < -0.3 is 16.2 Å². The van der Waals surface area contributed by atoms with E-state index in [0.29, 0.717) is 19.3 Å². The second kappa shape index (κ2) is 5.65. The molecule has 4 N–H and O–H groups in total. The van der Waals surface area contributed by atoms with Crippen LogP contribution in [0.1, 0.15) is 26.2 Å². The summed E-state index contributed by atoms with van der Waals surface area (Å²) < 4.78 is 0. The van der Waals surface area contributed by atoms with Gasteiger partial charge in [0.1, 0.15) is 0 Å². The van der Waals surface area contributed by atoms with Crippen LogP contribution < -0.4 is 11.1 Å². The van der Waals surface area contributed by atoms with Crippen molar-refractivity contribution in [3.63, 3.8) is 0 Å². The zero-order chi connectivity index (χ0) is 12.1. The first kappa shape index (κ1) is 12.7. The predicted octanol–water partition coefficient (Wildman–Crippen LogP) is 0.259. The number of aliphatic carboxylic acids is 1. The standard InChI is InChI=1S/C11H18N2O3/c1-7(12)2-5-10(14)13-9-4-3-8(6-9)11(15)16/h3-4,7-9H,2,5-6,12H2,1H3,(H,13,14)(H,15,16). The van der Waals surface area contributed by atoms with E-state index >= 15 is 0 Å². The normalized spacial score (nSPS) is 25.4. The summed E-state index contributed by atoms with van der Waals surface area (Å²) in [6.07, 6.45) is 4.84. The van der Waals surface area contributed by atoms with Crippen LogP contribution in [0.15, 0.2) is 12.2 Å². The molecule has 0 saturated heterocycles. The highest BCUT2D eigenvalue weighted by molar-refractivity contribution is 5.77. The Kier molecular flexibility index (Phi) is 4.49. The molecule has 16 heavy (non-hydrogen) atoms.